The maximum absolute atomic E-state index is 4.35. The summed E-state index contributed by atoms with van der Waals surface area (Å²) in [5, 5.41) is 6.83. The number of aromatic nitrogens is 6. The van der Waals surface area contributed by atoms with Crippen LogP contribution in [0.15, 0.2) is 146 Å². The zero-order valence-electron chi connectivity index (χ0n) is 23.3. The molecule has 0 radical (unpaired) electrons. The third-order valence-electron chi connectivity index (χ3n) is 7.03. The van der Waals surface area contributed by atoms with E-state index >= 15 is 0 Å². The van der Waals surface area contributed by atoms with E-state index in [1.54, 1.807) is 37.2 Å². The van der Waals surface area contributed by atoms with E-state index in [-0.39, 0.29) is 34.4 Å². The fourth-order valence-corrected chi connectivity index (χ4v) is 5.04. The van der Waals surface area contributed by atoms with Gasteiger partial charge < -0.3 is 0 Å². The molecule has 0 aliphatic carbocycles. The van der Waals surface area contributed by atoms with Gasteiger partial charge in [0.2, 0.25) is 0 Å². The van der Waals surface area contributed by atoms with E-state index in [0.717, 1.165) is 65.4 Å². The van der Waals surface area contributed by atoms with Gasteiger partial charge in [0.05, 0.1) is 33.1 Å². The second-order valence-electron chi connectivity index (χ2n) is 9.65. The molecule has 0 N–H and O–H groups in total. The molecule has 9 aromatic rings. The first-order valence-corrected chi connectivity index (χ1v) is 13.6. The maximum atomic E-state index is 4.35. The Morgan fingerprint density at radius 1 is 0.250 bits per heavy atom. The Morgan fingerprint density at radius 3 is 0.568 bits per heavy atom. The predicted molar refractivity (Wildman–Crippen MR) is 171 cm³/mol. The van der Waals surface area contributed by atoms with Crippen molar-refractivity contribution < 1.29 is 34.4 Å². The van der Waals surface area contributed by atoms with Crippen molar-refractivity contribution >= 4 is 65.4 Å². The Morgan fingerprint density at radius 2 is 0.409 bits per heavy atom. The van der Waals surface area contributed by atoms with Gasteiger partial charge in [-0.1, -0.05) is 72.8 Å². The minimum atomic E-state index is 0. The molecular formula is C36H24CrFeN6. The van der Waals surface area contributed by atoms with E-state index in [0.29, 0.717) is 0 Å². The van der Waals surface area contributed by atoms with E-state index in [9.17, 15) is 0 Å². The molecule has 6 aromatic heterocycles. The number of nitrogens with zero attached hydrogens (tertiary/aromatic N) is 6. The molecule has 0 aliphatic rings. The predicted octanol–water partition coefficient (Wildman–Crippen LogP) is 8.34. The van der Waals surface area contributed by atoms with Crippen molar-refractivity contribution in [3.63, 3.8) is 0 Å². The van der Waals surface area contributed by atoms with Gasteiger partial charge in [0.25, 0.3) is 0 Å². The Hall–Kier alpha value is -4.83. The number of fused-ring (bicyclic) bond motifs is 9. The van der Waals surface area contributed by atoms with Gasteiger partial charge in [-0.15, -0.1) is 0 Å². The third-order valence-corrected chi connectivity index (χ3v) is 7.03. The second-order valence-corrected chi connectivity index (χ2v) is 9.65. The molecule has 0 fully saturated rings. The van der Waals surface area contributed by atoms with Crippen molar-refractivity contribution in [1.29, 1.82) is 0 Å². The minimum absolute atomic E-state index is 0. The van der Waals surface area contributed by atoms with Gasteiger partial charge in [-0.05, 0) is 36.4 Å². The maximum Gasteiger partial charge on any atom is 0.0964 e. The number of benzene rings is 3. The van der Waals surface area contributed by atoms with Crippen molar-refractivity contribution in [2.75, 3.05) is 0 Å². The Kier molecular flexibility index (Phi) is 9.81. The van der Waals surface area contributed by atoms with Gasteiger partial charge in [0, 0.05) is 104 Å². The van der Waals surface area contributed by atoms with E-state index in [4.69, 9.17) is 0 Å². The largest absolute Gasteiger partial charge is 0.254 e. The topological polar surface area (TPSA) is 77.3 Å². The third kappa shape index (κ3) is 6.26. The fraction of sp³-hybridized carbons (Fsp3) is 0. The normalized spacial score (nSPS) is 10.4. The zero-order valence-corrected chi connectivity index (χ0v) is 25.7. The molecule has 0 saturated heterocycles. The second kappa shape index (κ2) is 14.1. The van der Waals surface area contributed by atoms with Crippen LogP contribution in [0.2, 0.25) is 0 Å². The van der Waals surface area contributed by atoms with Crippen molar-refractivity contribution in [2.24, 2.45) is 0 Å². The smallest absolute Gasteiger partial charge is 0.0964 e. The molecule has 0 saturated carbocycles. The van der Waals surface area contributed by atoms with E-state index < -0.39 is 0 Å². The van der Waals surface area contributed by atoms with Gasteiger partial charge in [-0.2, -0.15) is 0 Å². The molecule has 0 spiro atoms. The summed E-state index contributed by atoms with van der Waals surface area (Å²) in [5.41, 5.74) is 5.86. The Bertz CT molecular complexity index is 1920. The average Bonchev–Trinajstić information content (AvgIpc) is 3.09. The first kappa shape index (κ1) is 30.6. The summed E-state index contributed by atoms with van der Waals surface area (Å²) in [6.07, 6.45) is 10.8. The molecule has 0 unspecified atom stereocenters. The van der Waals surface area contributed by atoms with Gasteiger partial charge in [0.1, 0.15) is 0 Å². The quantitative estimate of drug-likeness (QED) is 0.122. The van der Waals surface area contributed by atoms with Gasteiger partial charge in [0.15, 0.2) is 0 Å². The van der Waals surface area contributed by atoms with E-state index in [1.807, 2.05) is 36.4 Å². The molecule has 3 aromatic carbocycles. The van der Waals surface area contributed by atoms with Crippen LogP contribution in [0, 0.1) is 0 Å². The van der Waals surface area contributed by atoms with Crippen molar-refractivity contribution in [2.45, 2.75) is 0 Å². The molecule has 0 amide bonds. The van der Waals surface area contributed by atoms with Crippen LogP contribution in [0.5, 0.6) is 0 Å². The summed E-state index contributed by atoms with van der Waals surface area (Å²) in [6, 6.07) is 36.4. The summed E-state index contributed by atoms with van der Waals surface area (Å²) in [5.74, 6) is 0. The van der Waals surface area contributed by atoms with E-state index in [2.05, 4.69) is 103 Å². The summed E-state index contributed by atoms with van der Waals surface area (Å²) in [4.78, 5) is 26.1. The van der Waals surface area contributed by atoms with Crippen LogP contribution in [0.3, 0.4) is 0 Å². The molecule has 0 bridgehead atoms. The molecule has 8 heteroatoms. The number of hydrogen-bond donors (Lipinski definition) is 0. The SMILES string of the molecule is [Cr].[Fe].c1cnc2c(c1)ccc1cccnc12.c1cnc2c(c1)ccc1cccnc12.c1cnc2c(c1)ccc1cccnc12. The molecule has 44 heavy (non-hydrogen) atoms. The number of pyridine rings is 6. The van der Waals surface area contributed by atoms with Crippen LogP contribution in [-0.4, -0.2) is 29.9 Å². The van der Waals surface area contributed by atoms with Crippen LogP contribution in [0.1, 0.15) is 0 Å². The van der Waals surface area contributed by atoms with Crippen molar-refractivity contribution in [3.8, 4) is 0 Å². The standard InChI is InChI=1S/3C12H8N2.Cr.Fe/c3*1-3-9-5-6-10-4-2-8-14-12(10)11(9)13-7-1;;/h3*1-8H;;. The average molecular weight is 648 g/mol. The molecular weight excluding hydrogens is 624 g/mol. The van der Waals surface area contributed by atoms with Crippen LogP contribution in [-0.2, 0) is 34.4 Å². The molecule has 6 heterocycles. The minimum Gasteiger partial charge on any atom is -0.254 e. The first-order valence-electron chi connectivity index (χ1n) is 13.6. The molecule has 9 rings (SSSR count). The summed E-state index contributed by atoms with van der Waals surface area (Å²) < 4.78 is 0. The summed E-state index contributed by atoms with van der Waals surface area (Å²) in [6.45, 7) is 0. The Balaban J connectivity index is 0.000000128. The zero-order chi connectivity index (χ0) is 28.1. The van der Waals surface area contributed by atoms with Crippen LogP contribution in [0.25, 0.3) is 65.4 Å². The van der Waals surface area contributed by atoms with Crippen molar-refractivity contribution in [3.05, 3.63) is 146 Å². The van der Waals surface area contributed by atoms with Crippen molar-refractivity contribution in [1.82, 2.24) is 29.9 Å². The summed E-state index contributed by atoms with van der Waals surface area (Å²) >= 11 is 0. The summed E-state index contributed by atoms with van der Waals surface area (Å²) in [7, 11) is 0. The van der Waals surface area contributed by atoms with Gasteiger partial charge in [-0.3, -0.25) is 29.9 Å². The van der Waals surface area contributed by atoms with Crippen LogP contribution >= 0.6 is 0 Å². The number of hydrogen-bond acceptors (Lipinski definition) is 6. The molecule has 6 nitrogen and oxygen atoms in total. The molecule has 212 valence electrons. The van der Waals surface area contributed by atoms with E-state index in [1.165, 1.54) is 0 Å². The monoisotopic (exact) mass is 648 g/mol. The Labute approximate surface area is 274 Å². The van der Waals surface area contributed by atoms with Gasteiger partial charge >= 0.3 is 0 Å². The molecule has 0 atom stereocenters. The molecule has 0 aliphatic heterocycles. The van der Waals surface area contributed by atoms with Crippen LogP contribution < -0.4 is 0 Å². The number of rotatable bonds is 0. The van der Waals surface area contributed by atoms with Gasteiger partial charge in [-0.25, -0.2) is 0 Å². The first-order chi connectivity index (χ1) is 20.8. The fourth-order valence-electron chi connectivity index (χ4n) is 5.04. The van der Waals surface area contributed by atoms with Crippen LogP contribution in [0.4, 0.5) is 0 Å².